The summed E-state index contributed by atoms with van der Waals surface area (Å²) in [5.41, 5.74) is 1.46. The summed E-state index contributed by atoms with van der Waals surface area (Å²) in [4.78, 5) is 32.1. The number of ether oxygens (including phenoxy) is 1. The molecule has 0 unspecified atom stereocenters. The molecule has 8 nitrogen and oxygen atoms in total. The fourth-order valence-corrected chi connectivity index (χ4v) is 4.54. The second-order valence-electron chi connectivity index (χ2n) is 7.41. The Kier molecular flexibility index (Phi) is 6.31. The molecule has 1 aliphatic rings. The van der Waals surface area contributed by atoms with Crippen LogP contribution in [-0.4, -0.2) is 53.5 Å². The molecule has 162 valence electrons. The standard InChI is InChI=1S/C22H24N4O4S/c1-2-3-13-30-18-6-4-5-16(14-18)21(27)24-9-11-25(12-10-24)22-23-19-8-7-17(26(28)29)15-20(19)31-22/h4-8,14-15H,2-3,9-13H2,1H3. The van der Waals surface area contributed by atoms with Gasteiger partial charge in [0.15, 0.2) is 5.13 Å². The normalized spacial score (nSPS) is 14.1. The van der Waals surface area contributed by atoms with E-state index in [-0.39, 0.29) is 11.6 Å². The number of benzene rings is 2. The number of fused-ring (bicyclic) bond motifs is 1. The Balaban J connectivity index is 1.39. The van der Waals surface area contributed by atoms with Crippen LogP contribution < -0.4 is 9.64 Å². The average molecular weight is 441 g/mol. The van der Waals surface area contributed by atoms with Crippen molar-refractivity contribution < 1.29 is 14.5 Å². The van der Waals surface area contributed by atoms with E-state index in [0.29, 0.717) is 38.3 Å². The van der Waals surface area contributed by atoms with Crippen molar-refractivity contribution in [1.29, 1.82) is 0 Å². The van der Waals surface area contributed by atoms with Crippen LogP contribution in [0.3, 0.4) is 0 Å². The number of amides is 1. The highest BCUT2D eigenvalue weighted by Gasteiger charge is 2.24. The van der Waals surface area contributed by atoms with Gasteiger partial charge in [-0.3, -0.25) is 14.9 Å². The third-order valence-corrected chi connectivity index (χ3v) is 6.34. The topological polar surface area (TPSA) is 88.8 Å². The Morgan fingerprint density at radius 2 is 2.00 bits per heavy atom. The molecule has 1 aliphatic heterocycles. The maximum atomic E-state index is 12.9. The Morgan fingerprint density at radius 3 is 2.74 bits per heavy atom. The molecule has 1 aromatic heterocycles. The van der Waals surface area contributed by atoms with Crippen LogP contribution in [0.4, 0.5) is 10.8 Å². The van der Waals surface area contributed by atoms with Gasteiger partial charge in [-0.25, -0.2) is 4.98 Å². The van der Waals surface area contributed by atoms with Crippen molar-refractivity contribution in [3.8, 4) is 5.75 Å². The first-order valence-electron chi connectivity index (χ1n) is 10.4. The minimum absolute atomic E-state index is 0.000478. The molecule has 2 aromatic carbocycles. The van der Waals surface area contributed by atoms with Gasteiger partial charge in [-0.15, -0.1) is 0 Å². The van der Waals surface area contributed by atoms with Crippen LogP contribution in [0.15, 0.2) is 42.5 Å². The number of nitro benzene ring substituents is 1. The third-order valence-electron chi connectivity index (χ3n) is 5.26. The second kappa shape index (κ2) is 9.30. The minimum Gasteiger partial charge on any atom is -0.494 e. The third kappa shape index (κ3) is 4.77. The maximum absolute atomic E-state index is 12.9. The van der Waals surface area contributed by atoms with E-state index >= 15 is 0 Å². The highest BCUT2D eigenvalue weighted by atomic mass is 32.1. The lowest BCUT2D eigenvalue weighted by molar-refractivity contribution is -0.384. The zero-order chi connectivity index (χ0) is 21.8. The number of piperazine rings is 1. The highest BCUT2D eigenvalue weighted by molar-refractivity contribution is 7.22. The number of carbonyl (C=O) groups is 1. The number of anilines is 1. The van der Waals surface area contributed by atoms with Crippen LogP contribution in [0.25, 0.3) is 10.2 Å². The number of carbonyl (C=O) groups excluding carboxylic acids is 1. The molecule has 1 fully saturated rings. The average Bonchev–Trinajstić information content (AvgIpc) is 3.22. The number of hydrogen-bond donors (Lipinski definition) is 0. The smallest absolute Gasteiger partial charge is 0.270 e. The lowest BCUT2D eigenvalue weighted by atomic mass is 10.1. The summed E-state index contributed by atoms with van der Waals surface area (Å²) in [5, 5.41) is 11.8. The summed E-state index contributed by atoms with van der Waals surface area (Å²) in [6, 6.07) is 12.1. The predicted octanol–water partition coefficient (Wildman–Crippen LogP) is 4.35. The van der Waals surface area contributed by atoms with E-state index < -0.39 is 4.92 Å². The molecule has 0 atom stereocenters. The van der Waals surface area contributed by atoms with E-state index in [4.69, 9.17) is 4.74 Å². The van der Waals surface area contributed by atoms with Crippen molar-refractivity contribution in [2.24, 2.45) is 0 Å². The van der Waals surface area contributed by atoms with E-state index in [1.165, 1.54) is 17.4 Å². The van der Waals surface area contributed by atoms with Crippen molar-refractivity contribution in [3.63, 3.8) is 0 Å². The van der Waals surface area contributed by atoms with Gasteiger partial charge in [0.1, 0.15) is 5.75 Å². The largest absolute Gasteiger partial charge is 0.494 e. The number of non-ortho nitro benzene ring substituents is 1. The van der Waals surface area contributed by atoms with Crippen LogP contribution in [0.1, 0.15) is 30.1 Å². The number of thiazole rings is 1. The van der Waals surface area contributed by atoms with Gasteiger partial charge >= 0.3 is 0 Å². The van der Waals surface area contributed by atoms with Crippen molar-refractivity contribution in [3.05, 3.63) is 58.1 Å². The van der Waals surface area contributed by atoms with Gasteiger partial charge in [0.2, 0.25) is 0 Å². The summed E-state index contributed by atoms with van der Waals surface area (Å²) < 4.78 is 6.52. The molecule has 4 rings (SSSR count). The van der Waals surface area contributed by atoms with Gasteiger partial charge in [-0.1, -0.05) is 30.7 Å². The Morgan fingerprint density at radius 1 is 1.19 bits per heavy atom. The highest BCUT2D eigenvalue weighted by Crippen LogP contribution is 2.32. The molecule has 9 heteroatoms. The molecule has 3 aromatic rings. The second-order valence-corrected chi connectivity index (χ2v) is 8.42. The lowest BCUT2D eigenvalue weighted by Gasteiger charge is -2.34. The first kappa shape index (κ1) is 21.0. The lowest BCUT2D eigenvalue weighted by Crippen LogP contribution is -2.48. The summed E-state index contributed by atoms with van der Waals surface area (Å²) in [7, 11) is 0. The molecule has 2 heterocycles. The molecule has 0 N–H and O–H groups in total. The monoisotopic (exact) mass is 440 g/mol. The van der Waals surface area contributed by atoms with Gasteiger partial charge in [0, 0.05) is 43.9 Å². The Bertz CT molecular complexity index is 1090. The summed E-state index contributed by atoms with van der Waals surface area (Å²) in [6.07, 6.45) is 2.05. The molecular weight excluding hydrogens is 416 g/mol. The van der Waals surface area contributed by atoms with Crippen LogP contribution in [0, 0.1) is 10.1 Å². The first-order chi connectivity index (χ1) is 15.0. The molecule has 0 saturated carbocycles. The number of hydrogen-bond acceptors (Lipinski definition) is 7. The number of nitrogens with zero attached hydrogens (tertiary/aromatic N) is 4. The minimum atomic E-state index is -0.396. The Hall–Kier alpha value is -3.20. The van der Waals surface area contributed by atoms with Crippen LogP contribution in [-0.2, 0) is 0 Å². The van der Waals surface area contributed by atoms with E-state index in [9.17, 15) is 14.9 Å². The molecule has 1 saturated heterocycles. The van der Waals surface area contributed by atoms with E-state index in [1.54, 1.807) is 12.1 Å². The first-order valence-corrected chi connectivity index (χ1v) is 11.2. The van der Waals surface area contributed by atoms with E-state index in [0.717, 1.165) is 33.9 Å². The number of rotatable bonds is 7. The summed E-state index contributed by atoms with van der Waals surface area (Å²) in [6.45, 7) is 5.28. The van der Waals surface area contributed by atoms with Crippen molar-refractivity contribution in [1.82, 2.24) is 9.88 Å². The molecule has 31 heavy (non-hydrogen) atoms. The van der Waals surface area contributed by atoms with Crippen LogP contribution in [0.5, 0.6) is 5.75 Å². The molecule has 1 amide bonds. The fraction of sp³-hybridized carbons (Fsp3) is 0.364. The zero-order valence-corrected chi connectivity index (χ0v) is 18.1. The van der Waals surface area contributed by atoms with Crippen molar-refractivity contribution >= 4 is 38.3 Å². The van der Waals surface area contributed by atoms with E-state index in [1.807, 2.05) is 29.2 Å². The maximum Gasteiger partial charge on any atom is 0.270 e. The number of nitro groups is 1. The van der Waals surface area contributed by atoms with Crippen molar-refractivity contribution in [2.75, 3.05) is 37.7 Å². The quantitative estimate of drug-likeness (QED) is 0.308. The number of unbranched alkanes of at least 4 members (excludes halogenated alkanes) is 1. The zero-order valence-electron chi connectivity index (χ0n) is 17.3. The summed E-state index contributed by atoms with van der Waals surface area (Å²) >= 11 is 1.44. The Labute approximate surface area is 184 Å². The van der Waals surface area contributed by atoms with Crippen LogP contribution in [0.2, 0.25) is 0 Å². The van der Waals surface area contributed by atoms with E-state index in [2.05, 4.69) is 16.8 Å². The van der Waals surface area contributed by atoms with Gasteiger partial charge in [0.05, 0.1) is 21.7 Å². The molecule has 0 radical (unpaired) electrons. The summed E-state index contributed by atoms with van der Waals surface area (Å²) in [5.74, 6) is 0.724. The molecular formula is C22H24N4O4S. The molecule has 0 bridgehead atoms. The predicted molar refractivity (Wildman–Crippen MR) is 121 cm³/mol. The van der Waals surface area contributed by atoms with Crippen molar-refractivity contribution in [2.45, 2.75) is 19.8 Å². The number of aromatic nitrogens is 1. The van der Waals surface area contributed by atoms with Gasteiger partial charge in [-0.2, -0.15) is 0 Å². The van der Waals surface area contributed by atoms with Gasteiger partial charge in [-0.05, 0) is 30.7 Å². The van der Waals surface area contributed by atoms with Gasteiger partial charge in [0.25, 0.3) is 11.6 Å². The fourth-order valence-electron chi connectivity index (χ4n) is 3.49. The molecule has 0 spiro atoms. The van der Waals surface area contributed by atoms with Crippen LogP contribution >= 0.6 is 11.3 Å². The SMILES string of the molecule is CCCCOc1cccc(C(=O)N2CCN(c3nc4ccc([N+](=O)[O-])cc4s3)CC2)c1. The van der Waals surface area contributed by atoms with Gasteiger partial charge < -0.3 is 14.5 Å². The molecule has 0 aliphatic carbocycles.